The molecule has 0 fully saturated rings. The Kier molecular flexibility index (Phi) is 5.75. The summed E-state index contributed by atoms with van der Waals surface area (Å²) in [4.78, 5) is 39.9. The number of H-pyrrole nitrogens is 1. The van der Waals surface area contributed by atoms with Gasteiger partial charge in [0.05, 0.1) is 60.4 Å². The predicted octanol–water partition coefficient (Wildman–Crippen LogP) is 3.26. The summed E-state index contributed by atoms with van der Waals surface area (Å²) in [7, 11) is 14.7. The molecule has 1 aliphatic rings. The molecule has 0 spiro atoms. The van der Waals surface area contributed by atoms with E-state index in [0.29, 0.717) is 27.4 Å². The predicted molar refractivity (Wildman–Crippen MR) is 150 cm³/mol. The van der Waals surface area contributed by atoms with Crippen LogP contribution in [0.4, 0.5) is 0 Å². The van der Waals surface area contributed by atoms with Gasteiger partial charge in [0.15, 0.2) is 0 Å². The number of imide groups is 1. The first-order valence-corrected chi connectivity index (χ1v) is 12.3. The lowest BCUT2D eigenvalue weighted by Gasteiger charge is -2.35. The van der Waals surface area contributed by atoms with Crippen LogP contribution in [0.2, 0.25) is 5.02 Å². The van der Waals surface area contributed by atoms with E-state index < -0.39 is 22.7 Å². The third kappa shape index (κ3) is 3.61. The fourth-order valence-electron chi connectivity index (χ4n) is 5.07. The SMILES string of the molecule is [B]C([B])(c1n[nH]c(=O)c2ccc(-c3cnn(C)c3-c3cccc(Cl)c3C#N)cc12)N1C(=O)c2ccccc2C1=O. The quantitative estimate of drug-likeness (QED) is 0.276. The summed E-state index contributed by atoms with van der Waals surface area (Å²) in [5.74, 6) is -1.36. The van der Waals surface area contributed by atoms with Gasteiger partial charge in [0.25, 0.3) is 17.4 Å². The van der Waals surface area contributed by atoms with Crippen LogP contribution in [0.5, 0.6) is 0 Å². The van der Waals surface area contributed by atoms with Crippen molar-refractivity contribution in [2.75, 3.05) is 0 Å². The van der Waals surface area contributed by atoms with E-state index in [9.17, 15) is 19.6 Å². The number of aromatic amines is 1. The molecule has 0 saturated carbocycles. The highest BCUT2D eigenvalue weighted by atomic mass is 35.5. The molecule has 40 heavy (non-hydrogen) atoms. The second kappa shape index (κ2) is 9.07. The van der Waals surface area contributed by atoms with Crippen LogP contribution in [-0.4, -0.2) is 52.4 Å². The van der Waals surface area contributed by atoms with Crippen molar-refractivity contribution in [3.05, 3.63) is 105 Å². The molecule has 1 aliphatic heterocycles. The van der Waals surface area contributed by atoms with E-state index >= 15 is 0 Å². The van der Waals surface area contributed by atoms with Gasteiger partial charge < -0.3 is 0 Å². The minimum Gasteiger partial charge on any atom is -0.280 e. The summed E-state index contributed by atoms with van der Waals surface area (Å²) in [5.41, 5.74) is 2.37. The van der Waals surface area contributed by atoms with E-state index in [0.717, 1.165) is 4.90 Å². The lowest BCUT2D eigenvalue weighted by Crippen LogP contribution is -2.51. The molecule has 5 aromatic rings. The van der Waals surface area contributed by atoms with Gasteiger partial charge in [-0.3, -0.25) is 24.0 Å². The van der Waals surface area contributed by atoms with Crippen LogP contribution in [0.3, 0.4) is 0 Å². The maximum atomic E-state index is 13.2. The summed E-state index contributed by atoms with van der Waals surface area (Å²) in [6, 6.07) is 18.4. The van der Waals surface area contributed by atoms with Crippen molar-refractivity contribution in [2.24, 2.45) is 7.05 Å². The molecule has 3 aromatic carbocycles. The number of hydrogen-bond donors (Lipinski definition) is 1. The zero-order chi connectivity index (χ0) is 28.3. The summed E-state index contributed by atoms with van der Waals surface area (Å²) in [6.07, 6.45) is 1.61. The van der Waals surface area contributed by atoms with E-state index in [2.05, 4.69) is 21.4 Å². The molecule has 12 heteroatoms. The molecule has 1 N–H and O–H groups in total. The number of aryl methyl sites for hydroxylation is 1. The summed E-state index contributed by atoms with van der Waals surface area (Å²) >= 11 is 6.30. The topological polar surface area (TPSA) is 125 Å². The standard InChI is InChI=1S/C28H15B2ClN6O3/c1-36-23(15-7-4-8-22(31)20(15)12-32)21(13-33-36)14-9-10-16-19(11-14)24(34-35-25(16)38)28(29,30)37-26(39)17-5-2-3-6-18(17)27(37)40/h2-11,13H,1H3,(H,35,38). The second-order valence-corrected chi connectivity index (χ2v) is 9.69. The van der Waals surface area contributed by atoms with Crippen molar-refractivity contribution in [3.63, 3.8) is 0 Å². The first-order chi connectivity index (χ1) is 19.1. The zero-order valence-corrected chi connectivity index (χ0v) is 21.6. The summed E-state index contributed by atoms with van der Waals surface area (Å²) in [5, 5.41) is 19.1. The molecule has 188 valence electrons. The normalized spacial score (nSPS) is 13.1. The third-order valence-corrected chi connectivity index (χ3v) is 7.28. The van der Waals surface area contributed by atoms with Crippen LogP contribution in [0.1, 0.15) is 32.0 Å². The minimum absolute atomic E-state index is 0.0932. The minimum atomic E-state index is -2.22. The monoisotopic (exact) mass is 540 g/mol. The number of rotatable bonds is 4. The van der Waals surface area contributed by atoms with Crippen molar-refractivity contribution >= 4 is 49.9 Å². The zero-order valence-electron chi connectivity index (χ0n) is 20.8. The molecular weight excluding hydrogens is 525 g/mol. The van der Waals surface area contributed by atoms with Gasteiger partial charge in [-0.05, 0) is 35.9 Å². The molecule has 2 amide bonds. The average Bonchev–Trinajstić information content (AvgIpc) is 3.45. The fraction of sp³-hybridized carbons (Fsp3) is 0.0714. The first-order valence-electron chi connectivity index (χ1n) is 11.9. The fourth-order valence-corrected chi connectivity index (χ4v) is 5.29. The number of benzene rings is 3. The smallest absolute Gasteiger partial charge is 0.272 e. The van der Waals surface area contributed by atoms with E-state index in [-0.39, 0.29) is 33.2 Å². The number of carbonyl (C=O) groups excluding carboxylic acids is 2. The Morgan fingerprint density at radius 1 is 0.925 bits per heavy atom. The van der Waals surface area contributed by atoms with Gasteiger partial charge in [-0.2, -0.15) is 15.5 Å². The van der Waals surface area contributed by atoms with Crippen molar-refractivity contribution in [2.45, 2.75) is 5.34 Å². The first kappa shape index (κ1) is 25.3. The van der Waals surface area contributed by atoms with Gasteiger partial charge in [-0.1, -0.05) is 41.9 Å². The Balaban J connectivity index is 1.55. The number of carbonyl (C=O) groups is 2. The van der Waals surface area contributed by atoms with Gasteiger partial charge in [-0.25, -0.2) is 5.10 Å². The van der Waals surface area contributed by atoms with Crippen molar-refractivity contribution in [1.29, 1.82) is 5.26 Å². The molecular formula is C28H15B2ClN6O3. The highest BCUT2D eigenvalue weighted by Crippen LogP contribution is 2.38. The van der Waals surface area contributed by atoms with Crippen LogP contribution in [0.25, 0.3) is 33.2 Å². The Labute approximate surface area is 234 Å². The lowest BCUT2D eigenvalue weighted by molar-refractivity contribution is 0.0602. The van der Waals surface area contributed by atoms with Crippen molar-refractivity contribution in [1.82, 2.24) is 24.9 Å². The van der Waals surface area contributed by atoms with Crippen LogP contribution in [0, 0.1) is 11.3 Å². The number of nitrogens with one attached hydrogen (secondary N) is 1. The highest BCUT2D eigenvalue weighted by Gasteiger charge is 2.45. The van der Waals surface area contributed by atoms with Gasteiger partial charge in [0.1, 0.15) is 6.07 Å². The molecule has 0 unspecified atom stereocenters. The summed E-state index contributed by atoms with van der Waals surface area (Å²) in [6.45, 7) is 0. The Morgan fingerprint density at radius 3 is 2.27 bits per heavy atom. The molecule has 0 bridgehead atoms. The van der Waals surface area contributed by atoms with Crippen molar-refractivity contribution < 1.29 is 9.59 Å². The number of amides is 2. The molecule has 9 nitrogen and oxygen atoms in total. The molecule has 0 aliphatic carbocycles. The van der Waals surface area contributed by atoms with Gasteiger partial charge in [-0.15, -0.1) is 0 Å². The number of nitriles is 1. The molecule has 2 aromatic heterocycles. The van der Waals surface area contributed by atoms with Gasteiger partial charge in [0.2, 0.25) is 0 Å². The molecule has 6 rings (SSSR count). The van der Waals surface area contributed by atoms with Crippen LogP contribution in [0.15, 0.2) is 71.7 Å². The van der Waals surface area contributed by atoms with Crippen LogP contribution < -0.4 is 5.56 Å². The Morgan fingerprint density at radius 2 is 1.60 bits per heavy atom. The average molecular weight is 541 g/mol. The van der Waals surface area contributed by atoms with Crippen LogP contribution >= 0.6 is 11.6 Å². The Hall–Kier alpha value is -4.94. The van der Waals surface area contributed by atoms with Gasteiger partial charge >= 0.3 is 0 Å². The Bertz CT molecular complexity index is 1970. The maximum Gasteiger partial charge on any atom is 0.272 e. The molecule has 0 saturated heterocycles. The number of fused-ring (bicyclic) bond motifs is 2. The maximum absolute atomic E-state index is 13.2. The summed E-state index contributed by atoms with van der Waals surface area (Å²) < 4.78 is 1.61. The highest BCUT2D eigenvalue weighted by molar-refractivity contribution is 6.44. The van der Waals surface area contributed by atoms with Gasteiger partial charge in [0, 0.05) is 28.9 Å². The number of halogens is 1. The van der Waals surface area contributed by atoms with E-state index in [1.165, 1.54) is 12.1 Å². The van der Waals surface area contributed by atoms with E-state index in [1.807, 2.05) is 0 Å². The number of nitrogens with zero attached hydrogens (tertiary/aromatic N) is 5. The van der Waals surface area contributed by atoms with E-state index in [1.54, 1.807) is 66.5 Å². The molecule has 3 heterocycles. The number of aromatic nitrogens is 4. The number of hydrogen-bond acceptors (Lipinski definition) is 6. The van der Waals surface area contributed by atoms with Crippen molar-refractivity contribution in [3.8, 4) is 28.5 Å². The molecule has 4 radical (unpaired) electrons. The van der Waals surface area contributed by atoms with Crippen LogP contribution in [-0.2, 0) is 12.4 Å². The molecule has 0 atom stereocenters. The largest absolute Gasteiger partial charge is 0.280 e. The van der Waals surface area contributed by atoms with E-state index in [4.69, 9.17) is 27.3 Å². The second-order valence-electron chi connectivity index (χ2n) is 9.28. The lowest BCUT2D eigenvalue weighted by atomic mass is 9.58. The third-order valence-electron chi connectivity index (χ3n) is 6.96.